The summed E-state index contributed by atoms with van der Waals surface area (Å²) in [6, 6.07) is 11.9. The van der Waals surface area contributed by atoms with E-state index in [0.717, 1.165) is 28.9 Å². The molecule has 26 heavy (non-hydrogen) atoms. The lowest BCUT2D eigenvalue weighted by Gasteiger charge is -2.40. The molecule has 138 valence electrons. The van der Waals surface area contributed by atoms with Gasteiger partial charge in [-0.05, 0) is 54.7 Å². The summed E-state index contributed by atoms with van der Waals surface area (Å²) in [6.45, 7) is 7.05. The SMILES string of the molecule is COc1cc2c(cc1OC)[C@H](C(C)C)N(C(=O)c1ccc(C)cc1)CC2. The highest BCUT2D eigenvalue weighted by Gasteiger charge is 2.34. The molecule has 0 saturated carbocycles. The number of ether oxygens (including phenoxy) is 2. The summed E-state index contributed by atoms with van der Waals surface area (Å²) in [6.07, 6.45) is 0.816. The molecule has 1 aliphatic rings. The number of carbonyl (C=O) groups excluding carboxylic acids is 1. The van der Waals surface area contributed by atoms with Gasteiger partial charge in [-0.1, -0.05) is 31.5 Å². The number of carbonyl (C=O) groups is 1. The third-order valence-corrected chi connectivity index (χ3v) is 5.11. The first-order chi connectivity index (χ1) is 12.5. The van der Waals surface area contributed by atoms with Crippen molar-refractivity contribution in [2.45, 2.75) is 33.2 Å². The molecular formula is C22H27NO3. The minimum atomic E-state index is 0.0207. The van der Waals surface area contributed by atoms with Crippen molar-refractivity contribution >= 4 is 5.91 Å². The van der Waals surface area contributed by atoms with Gasteiger partial charge in [0.15, 0.2) is 11.5 Å². The van der Waals surface area contributed by atoms with Crippen LogP contribution in [0.3, 0.4) is 0 Å². The Morgan fingerprint density at radius 3 is 2.27 bits per heavy atom. The van der Waals surface area contributed by atoms with E-state index in [9.17, 15) is 4.79 Å². The van der Waals surface area contributed by atoms with Crippen LogP contribution in [0.5, 0.6) is 11.5 Å². The summed E-state index contributed by atoms with van der Waals surface area (Å²) in [7, 11) is 3.30. The van der Waals surface area contributed by atoms with E-state index in [-0.39, 0.29) is 11.9 Å². The Morgan fingerprint density at radius 1 is 1.08 bits per heavy atom. The lowest BCUT2D eigenvalue weighted by atomic mass is 9.85. The number of nitrogens with zero attached hydrogens (tertiary/aromatic N) is 1. The minimum Gasteiger partial charge on any atom is -0.493 e. The average molecular weight is 353 g/mol. The molecule has 2 aromatic carbocycles. The van der Waals surface area contributed by atoms with Gasteiger partial charge in [0.05, 0.1) is 20.3 Å². The summed E-state index contributed by atoms with van der Waals surface area (Å²) in [5.74, 6) is 1.83. The third kappa shape index (κ3) is 3.28. The summed E-state index contributed by atoms with van der Waals surface area (Å²) in [4.78, 5) is 15.2. The van der Waals surface area contributed by atoms with Crippen LogP contribution < -0.4 is 9.47 Å². The van der Waals surface area contributed by atoms with Crippen molar-refractivity contribution in [2.75, 3.05) is 20.8 Å². The second kappa shape index (κ2) is 7.40. The first-order valence-corrected chi connectivity index (χ1v) is 9.08. The van der Waals surface area contributed by atoms with Gasteiger partial charge in [-0.15, -0.1) is 0 Å². The molecule has 0 saturated heterocycles. The Balaban J connectivity index is 2.02. The fourth-order valence-electron chi connectivity index (χ4n) is 3.79. The molecule has 1 aliphatic heterocycles. The van der Waals surface area contributed by atoms with Crippen LogP contribution in [0.25, 0.3) is 0 Å². The summed E-state index contributed by atoms with van der Waals surface area (Å²) in [5.41, 5.74) is 4.28. The third-order valence-electron chi connectivity index (χ3n) is 5.11. The lowest BCUT2D eigenvalue weighted by molar-refractivity contribution is 0.0603. The van der Waals surface area contributed by atoms with Gasteiger partial charge in [0.2, 0.25) is 0 Å². The Labute approximate surface area is 155 Å². The standard InChI is InChI=1S/C22H27NO3/c1-14(2)21-18-13-20(26-5)19(25-4)12-17(18)10-11-23(21)22(24)16-8-6-15(3)7-9-16/h6-9,12-14,21H,10-11H2,1-5H3/t21-/m0/s1. The van der Waals surface area contributed by atoms with Crippen molar-refractivity contribution in [3.8, 4) is 11.5 Å². The maximum atomic E-state index is 13.2. The predicted molar refractivity (Wildman–Crippen MR) is 103 cm³/mol. The second-order valence-electron chi connectivity index (χ2n) is 7.21. The van der Waals surface area contributed by atoms with Crippen molar-refractivity contribution in [1.82, 2.24) is 4.90 Å². The molecule has 0 unspecified atom stereocenters. The molecule has 4 nitrogen and oxygen atoms in total. The molecule has 2 aromatic rings. The first kappa shape index (κ1) is 18.3. The number of amides is 1. The predicted octanol–water partition coefficient (Wildman–Crippen LogP) is 4.41. The Bertz CT molecular complexity index is 796. The van der Waals surface area contributed by atoms with Crippen molar-refractivity contribution in [3.63, 3.8) is 0 Å². The van der Waals surface area contributed by atoms with Crippen molar-refractivity contribution in [3.05, 3.63) is 58.7 Å². The van der Waals surface area contributed by atoms with Gasteiger partial charge in [0, 0.05) is 12.1 Å². The van der Waals surface area contributed by atoms with E-state index in [0.29, 0.717) is 18.2 Å². The Kier molecular flexibility index (Phi) is 5.21. The van der Waals surface area contributed by atoms with E-state index in [4.69, 9.17) is 9.47 Å². The van der Waals surface area contributed by atoms with Crippen LogP contribution in [-0.4, -0.2) is 31.6 Å². The average Bonchev–Trinajstić information content (AvgIpc) is 2.65. The molecule has 4 heteroatoms. The van der Waals surface area contributed by atoms with E-state index in [1.165, 1.54) is 5.56 Å². The molecule has 3 rings (SSSR count). The molecule has 1 heterocycles. The van der Waals surface area contributed by atoms with Crippen LogP contribution in [0, 0.1) is 12.8 Å². The van der Waals surface area contributed by atoms with Crippen LogP contribution in [0.1, 0.15) is 46.9 Å². The number of benzene rings is 2. The number of hydrogen-bond donors (Lipinski definition) is 0. The highest BCUT2D eigenvalue weighted by molar-refractivity contribution is 5.94. The van der Waals surface area contributed by atoms with Crippen molar-refractivity contribution in [2.24, 2.45) is 5.92 Å². The molecule has 0 fully saturated rings. The van der Waals surface area contributed by atoms with E-state index < -0.39 is 0 Å². The van der Waals surface area contributed by atoms with Gasteiger partial charge in [0.1, 0.15) is 0 Å². The van der Waals surface area contributed by atoms with Crippen LogP contribution in [0.4, 0.5) is 0 Å². The Morgan fingerprint density at radius 2 is 1.69 bits per heavy atom. The zero-order valence-electron chi connectivity index (χ0n) is 16.2. The summed E-state index contributed by atoms with van der Waals surface area (Å²) in [5, 5.41) is 0. The van der Waals surface area contributed by atoms with Crippen molar-refractivity contribution in [1.29, 1.82) is 0 Å². The fraction of sp³-hybridized carbons (Fsp3) is 0.409. The quantitative estimate of drug-likeness (QED) is 0.817. The van der Waals surface area contributed by atoms with E-state index in [1.54, 1.807) is 14.2 Å². The molecule has 1 amide bonds. The van der Waals surface area contributed by atoms with Gasteiger partial charge in [-0.25, -0.2) is 0 Å². The van der Waals surface area contributed by atoms with Gasteiger partial charge >= 0.3 is 0 Å². The molecule has 0 spiro atoms. The molecule has 0 aromatic heterocycles. The second-order valence-corrected chi connectivity index (χ2v) is 7.21. The van der Waals surface area contributed by atoms with E-state index in [1.807, 2.05) is 42.2 Å². The zero-order valence-corrected chi connectivity index (χ0v) is 16.2. The summed E-state index contributed by atoms with van der Waals surface area (Å²) >= 11 is 0. The summed E-state index contributed by atoms with van der Waals surface area (Å²) < 4.78 is 10.9. The highest BCUT2D eigenvalue weighted by atomic mass is 16.5. The minimum absolute atomic E-state index is 0.0207. The van der Waals surface area contributed by atoms with Gasteiger partial charge in [-0.2, -0.15) is 0 Å². The van der Waals surface area contributed by atoms with E-state index in [2.05, 4.69) is 19.9 Å². The van der Waals surface area contributed by atoms with Crippen LogP contribution >= 0.6 is 0 Å². The zero-order chi connectivity index (χ0) is 18.8. The largest absolute Gasteiger partial charge is 0.493 e. The highest BCUT2D eigenvalue weighted by Crippen LogP contribution is 2.41. The molecule has 0 bridgehead atoms. The lowest BCUT2D eigenvalue weighted by Crippen LogP contribution is -2.42. The number of methoxy groups -OCH3 is 2. The molecule has 0 N–H and O–H groups in total. The first-order valence-electron chi connectivity index (χ1n) is 9.08. The topological polar surface area (TPSA) is 38.8 Å². The van der Waals surface area contributed by atoms with Crippen molar-refractivity contribution < 1.29 is 14.3 Å². The van der Waals surface area contributed by atoms with Gasteiger partial charge in [0.25, 0.3) is 5.91 Å². The molecular weight excluding hydrogens is 326 g/mol. The van der Waals surface area contributed by atoms with E-state index >= 15 is 0 Å². The van der Waals surface area contributed by atoms with Crippen LogP contribution in [0.2, 0.25) is 0 Å². The van der Waals surface area contributed by atoms with Gasteiger partial charge < -0.3 is 14.4 Å². The normalized spacial score (nSPS) is 16.4. The maximum Gasteiger partial charge on any atom is 0.254 e. The number of aryl methyl sites for hydroxylation is 1. The maximum absolute atomic E-state index is 13.2. The smallest absolute Gasteiger partial charge is 0.254 e. The molecule has 0 aliphatic carbocycles. The number of fused-ring (bicyclic) bond motifs is 1. The number of rotatable bonds is 4. The monoisotopic (exact) mass is 353 g/mol. The number of hydrogen-bond acceptors (Lipinski definition) is 3. The molecule has 1 atom stereocenters. The van der Waals surface area contributed by atoms with Crippen LogP contribution in [0.15, 0.2) is 36.4 Å². The fourth-order valence-corrected chi connectivity index (χ4v) is 3.79. The van der Waals surface area contributed by atoms with Crippen LogP contribution in [-0.2, 0) is 6.42 Å². The van der Waals surface area contributed by atoms with Gasteiger partial charge in [-0.3, -0.25) is 4.79 Å². The Hall–Kier alpha value is -2.49. The molecule has 0 radical (unpaired) electrons.